The molecule has 4 rings (SSSR count). The first-order valence-electron chi connectivity index (χ1n) is 8.69. The monoisotopic (exact) mass is 417 g/mol. The van der Waals surface area contributed by atoms with Gasteiger partial charge in [0, 0.05) is 16.6 Å². The molecule has 2 aliphatic rings. The minimum absolute atomic E-state index is 0.154. The predicted molar refractivity (Wildman–Crippen MR) is 101 cm³/mol. The number of anilines is 1. The maximum absolute atomic E-state index is 13.0. The second kappa shape index (κ2) is 7.02. The Morgan fingerprint density at radius 1 is 1.19 bits per heavy atom. The van der Waals surface area contributed by atoms with Crippen LogP contribution in [0, 0.1) is 6.92 Å². The predicted octanol–water partition coefficient (Wildman–Crippen LogP) is 3.77. The van der Waals surface area contributed by atoms with Crippen LogP contribution in [0.5, 0.6) is 5.75 Å². The summed E-state index contributed by atoms with van der Waals surface area (Å²) in [5.41, 5.74) is 2.78. The summed E-state index contributed by atoms with van der Waals surface area (Å²) in [5.74, 6) is -0.587. The lowest BCUT2D eigenvalue weighted by atomic mass is 10.1. The summed E-state index contributed by atoms with van der Waals surface area (Å²) in [7, 11) is 0. The molecule has 2 heterocycles. The van der Waals surface area contributed by atoms with Gasteiger partial charge >= 0.3 is 0 Å². The van der Waals surface area contributed by atoms with Crippen molar-refractivity contribution in [2.45, 2.75) is 19.1 Å². The quantitative estimate of drug-likeness (QED) is 0.694. The highest BCUT2D eigenvalue weighted by Crippen LogP contribution is 2.46. The van der Waals surface area contributed by atoms with Crippen molar-refractivity contribution in [1.29, 1.82) is 0 Å². The van der Waals surface area contributed by atoms with Crippen molar-refractivity contribution >= 4 is 27.5 Å². The Balaban J connectivity index is 1.46. The lowest BCUT2D eigenvalue weighted by Crippen LogP contribution is -2.41. The molecular formula is C20H20BrNO4. The summed E-state index contributed by atoms with van der Waals surface area (Å²) in [4.78, 5) is 14.8. The molecule has 136 valence electrons. The van der Waals surface area contributed by atoms with Gasteiger partial charge in [-0.1, -0.05) is 28.1 Å². The number of rotatable bonds is 5. The van der Waals surface area contributed by atoms with Crippen LogP contribution in [0.4, 0.5) is 5.69 Å². The van der Waals surface area contributed by atoms with Gasteiger partial charge in [0.2, 0.25) is 0 Å². The van der Waals surface area contributed by atoms with Gasteiger partial charge in [0.05, 0.1) is 25.5 Å². The molecule has 5 nitrogen and oxygen atoms in total. The topological polar surface area (TPSA) is 48.0 Å². The zero-order chi connectivity index (χ0) is 18.1. The number of hydrogen-bond donors (Lipinski definition) is 0. The molecule has 1 amide bonds. The van der Waals surface area contributed by atoms with E-state index in [0.717, 1.165) is 27.0 Å². The van der Waals surface area contributed by atoms with Gasteiger partial charge in [0.25, 0.3) is 11.7 Å². The summed E-state index contributed by atoms with van der Waals surface area (Å²) < 4.78 is 18.2. The van der Waals surface area contributed by atoms with E-state index in [9.17, 15) is 4.79 Å². The van der Waals surface area contributed by atoms with E-state index in [1.807, 2.05) is 49.4 Å². The molecule has 2 aromatic carbocycles. The number of fused-ring (bicyclic) bond motifs is 2. The number of carbonyl (C=O) groups is 1. The van der Waals surface area contributed by atoms with E-state index in [1.54, 1.807) is 4.90 Å². The molecule has 1 saturated heterocycles. The second-order valence-electron chi connectivity index (χ2n) is 6.45. The van der Waals surface area contributed by atoms with Crippen molar-refractivity contribution in [3.05, 3.63) is 58.1 Å². The highest BCUT2D eigenvalue weighted by Gasteiger charge is 2.55. The van der Waals surface area contributed by atoms with Crippen molar-refractivity contribution in [1.82, 2.24) is 0 Å². The molecule has 0 aromatic heterocycles. The van der Waals surface area contributed by atoms with Crippen molar-refractivity contribution in [2.75, 3.05) is 31.3 Å². The number of amides is 1. The van der Waals surface area contributed by atoms with E-state index in [1.165, 1.54) is 0 Å². The molecule has 0 N–H and O–H groups in total. The van der Waals surface area contributed by atoms with Crippen LogP contribution in [0.25, 0.3) is 0 Å². The molecule has 0 unspecified atom stereocenters. The van der Waals surface area contributed by atoms with E-state index < -0.39 is 5.79 Å². The van der Waals surface area contributed by atoms with Gasteiger partial charge in [-0.25, -0.2) is 0 Å². The number of nitrogens with zero attached hydrogens (tertiary/aromatic N) is 1. The molecule has 1 spiro atoms. The second-order valence-corrected chi connectivity index (χ2v) is 7.37. The molecule has 0 radical (unpaired) electrons. The zero-order valence-corrected chi connectivity index (χ0v) is 16.1. The average molecular weight is 418 g/mol. The molecule has 26 heavy (non-hydrogen) atoms. The molecule has 0 saturated carbocycles. The third-order valence-corrected chi connectivity index (χ3v) is 5.10. The Kier molecular flexibility index (Phi) is 4.73. The first-order chi connectivity index (χ1) is 12.6. The normalized spacial score (nSPS) is 17.8. The maximum atomic E-state index is 13.0. The fraction of sp³-hybridized carbons (Fsp3) is 0.350. The van der Waals surface area contributed by atoms with Crippen molar-refractivity contribution in [3.8, 4) is 5.75 Å². The van der Waals surface area contributed by atoms with Crippen LogP contribution < -0.4 is 9.64 Å². The van der Waals surface area contributed by atoms with Gasteiger partial charge in [0.15, 0.2) is 0 Å². The van der Waals surface area contributed by atoms with Crippen LogP contribution >= 0.6 is 15.9 Å². The first-order valence-corrected chi connectivity index (χ1v) is 9.49. The van der Waals surface area contributed by atoms with Gasteiger partial charge < -0.3 is 19.1 Å². The van der Waals surface area contributed by atoms with Crippen LogP contribution in [0.2, 0.25) is 0 Å². The van der Waals surface area contributed by atoms with Gasteiger partial charge in [-0.05, 0) is 49.2 Å². The van der Waals surface area contributed by atoms with Gasteiger partial charge in [-0.3, -0.25) is 4.79 Å². The van der Waals surface area contributed by atoms with E-state index in [2.05, 4.69) is 15.9 Å². The Morgan fingerprint density at radius 3 is 2.77 bits per heavy atom. The minimum Gasteiger partial charge on any atom is -0.494 e. The molecule has 0 bridgehead atoms. The lowest BCUT2D eigenvalue weighted by Gasteiger charge is -2.22. The Hall–Kier alpha value is -1.89. The number of aryl methyl sites for hydroxylation is 1. The standard InChI is InChI=1S/C20H20BrNO4/c1-14-4-2-5-16(12-14)24-9-3-8-22-18-7-6-15(21)13-17(18)20(19(22)23)25-10-11-26-20/h2,4-7,12-13H,3,8-11H2,1H3. The summed E-state index contributed by atoms with van der Waals surface area (Å²) >= 11 is 3.47. The summed E-state index contributed by atoms with van der Waals surface area (Å²) in [6.45, 7) is 3.96. The third kappa shape index (κ3) is 3.02. The van der Waals surface area contributed by atoms with Crippen LogP contribution in [-0.4, -0.2) is 32.3 Å². The minimum atomic E-state index is -1.28. The average Bonchev–Trinajstić information content (AvgIpc) is 3.20. The SMILES string of the molecule is Cc1cccc(OCCCN2C(=O)C3(OCCO3)c3cc(Br)ccc32)c1. The fourth-order valence-corrected chi connectivity index (χ4v) is 3.80. The largest absolute Gasteiger partial charge is 0.494 e. The summed E-state index contributed by atoms with van der Waals surface area (Å²) in [6.07, 6.45) is 0.714. The molecule has 0 atom stereocenters. The Labute approximate surface area is 161 Å². The smallest absolute Gasteiger partial charge is 0.292 e. The van der Waals surface area contributed by atoms with E-state index in [0.29, 0.717) is 32.8 Å². The first kappa shape index (κ1) is 17.5. The summed E-state index contributed by atoms with van der Waals surface area (Å²) in [5, 5.41) is 0. The fourth-order valence-electron chi connectivity index (χ4n) is 3.44. The van der Waals surface area contributed by atoms with Crippen LogP contribution in [0.3, 0.4) is 0 Å². The molecular weight excluding hydrogens is 398 g/mol. The Morgan fingerprint density at radius 2 is 2.00 bits per heavy atom. The summed E-state index contributed by atoms with van der Waals surface area (Å²) in [6, 6.07) is 13.7. The molecule has 0 aliphatic carbocycles. The van der Waals surface area contributed by atoms with Crippen molar-refractivity contribution < 1.29 is 19.0 Å². The van der Waals surface area contributed by atoms with Gasteiger partial charge in [0.1, 0.15) is 5.75 Å². The molecule has 1 fully saturated rings. The molecule has 2 aromatic rings. The van der Waals surface area contributed by atoms with Crippen molar-refractivity contribution in [3.63, 3.8) is 0 Å². The highest BCUT2D eigenvalue weighted by atomic mass is 79.9. The number of halogens is 1. The van der Waals surface area contributed by atoms with Crippen LogP contribution in [0.15, 0.2) is 46.9 Å². The zero-order valence-electron chi connectivity index (χ0n) is 14.5. The van der Waals surface area contributed by atoms with E-state index >= 15 is 0 Å². The third-order valence-electron chi connectivity index (χ3n) is 4.61. The number of hydrogen-bond acceptors (Lipinski definition) is 4. The maximum Gasteiger partial charge on any atom is 0.292 e. The van der Waals surface area contributed by atoms with Gasteiger partial charge in [-0.2, -0.15) is 0 Å². The Bertz CT molecular complexity index is 832. The van der Waals surface area contributed by atoms with Crippen LogP contribution in [0.1, 0.15) is 17.5 Å². The molecule has 2 aliphatic heterocycles. The lowest BCUT2D eigenvalue weighted by molar-refractivity contribution is -0.180. The van der Waals surface area contributed by atoms with Crippen LogP contribution in [-0.2, 0) is 20.1 Å². The van der Waals surface area contributed by atoms with Gasteiger partial charge in [-0.15, -0.1) is 0 Å². The molecule has 6 heteroatoms. The number of benzene rings is 2. The van der Waals surface area contributed by atoms with Crippen molar-refractivity contribution in [2.24, 2.45) is 0 Å². The number of carbonyl (C=O) groups excluding carboxylic acids is 1. The van der Waals surface area contributed by atoms with E-state index in [-0.39, 0.29) is 5.91 Å². The highest BCUT2D eigenvalue weighted by molar-refractivity contribution is 9.10. The van der Waals surface area contributed by atoms with E-state index in [4.69, 9.17) is 14.2 Å². The number of ether oxygens (including phenoxy) is 3.